The zero-order valence-corrected chi connectivity index (χ0v) is 21.7. The molecule has 1 aromatic rings. The molecule has 0 radical (unpaired) electrons. The molecule has 2 aliphatic heterocycles. The van der Waals surface area contributed by atoms with Crippen LogP contribution in [0.3, 0.4) is 0 Å². The van der Waals surface area contributed by atoms with Crippen LogP contribution in [0.15, 0.2) is 24.3 Å². The van der Waals surface area contributed by atoms with E-state index in [1.165, 1.54) is 20.8 Å². The van der Waals surface area contributed by atoms with Crippen molar-refractivity contribution in [3.05, 3.63) is 29.8 Å². The Kier molecular flexibility index (Phi) is 7.98. The van der Waals surface area contributed by atoms with E-state index < -0.39 is 66.6 Å². The topological polar surface area (TPSA) is 107 Å². The summed E-state index contributed by atoms with van der Waals surface area (Å²) in [5, 5.41) is 0. The molecule has 0 saturated carbocycles. The summed E-state index contributed by atoms with van der Waals surface area (Å²) in [5.74, 6) is -1.90. The number of rotatable bonds is 6. The van der Waals surface area contributed by atoms with Crippen LogP contribution >= 0.6 is 0 Å². The smallest absolute Gasteiger partial charge is 0.463 e. The lowest BCUT2D eigenvalue weighted by molar-refractivity contribution is -0.231. The fourth-order valence-electron chi connectivity index (χ4n) is 4.30. The first-order valence-corrected chi connectivity index (χ1v) is 11.8. The molecule has 0 amide bonds. The van der Waals surface area contributed by atoms with Gasteiger partial charge in [-0.05, 0) is 38.7 Å². The van der Waals surface area contributed by atoms with E-state index >= 15 is 0 Å². The van der Waals surface area contributed by atoms with Gasteiger partial charge < -0.3 is 28.3 Å². The maximum atomic E-state index is 11.9. The van der Waals surface area contributed by atoms with Crippen LogP contribution in [-0.2, 0) is 42.6 Å². The summed E-state index contributed by atoms with van der Waals surface area (Å²) in [5.41, 5.74) is 0.662. The second-order valence-corrected chi connectivity index (χ2v) is 10.2. The first-order valence-electron chi connectivity index (χ1n) is 11.8. The minimum atomic E-state index is -0.767. The molecule has 0 aliphatic carbocycles. The van der Waals surface area contributed by atoms with E-state index in [9.17, 15) is 14.4 Å². The minimum absolute atomic E-state index is 0.104. The van der Waals surface area contributed by atoms with Crippen molar-refractivity contribution in [1.29, 1.82) is 0 Å². The third-order valence-corrected chi connectivity index (χ3v) is 6.87. The average molecular weight is 490 g/mol. The first kappa shape index (κ1) is 27.2. The molecular formula is C25H35BO9. The Morgan fingerprint density at radius 3 is 1.86 bits per heavy atom. The van der Waals surface area contributed by atoms with Gasteiger partial charge in [-0.1, -0.05) is 31.2 Å². The van der Waals surface area contributed by atoms with Gasteiger partial charge in [0.15, 0.2) is 0 Å². The number of benzene rings is 1. The fourth-order valence-corrected chi connectivity index (χ4v) is 4.30. The van der Waals surface area contributed by atoms with Gasteiger partial charge in [-0.2, -0.15) is 0 Å². The van der Waals surface area contributed by atoms with Crippen LogP contribution < -0.4 is 5.46 Å². The van der Waals surface area contributed by atoms with Gasteiger partial charge >= 0.3 is 25.0 Å². The molecule has 0 bridgehead atoms. The maximum Gasteiger partial charge on any atom is 0.494 e. The molecule has 9 nitrogen and oxygen atoms in total. The largest absolute Gasteiger partial charge is 0.494 e. The lowest BCUT2D eigenvalue weighted by Crippen LogP contribution is -2.54. The number of carbonyl (C=O) groups is 3. The third kappa shape index (κ3) is 6.05. The second kappa shape index (κ2) is 10.3. The molecule has 3 rings (SSSR count). The van der Waals surface area contributed by atoms with Gasteiger partial charge in [-0.3, -0.25) is 14.4 Å². The zero-order chi connectivity index (χ0) is 26.1. The zero-order valence-electron chi connectivity index (χ0n) is 21.7. The van der Waals surface area contributed by atoms with Gasteiger partial charge in [0.1, 0.15) is 31.0 Å². The van der Waals surface area contributed by atoms with Crippen LogP contribution in [0, 0.1) is 5.92 Å². The van der Waals surface area contributed by atoms with E-state index in [1.807, 2.05) is 58.9 Å². The minimum Gasteiger partial charge on any atom is -0.463 e. The van der Waals surface area contributed by atoms with E-state index in [1.54, 1.807) is 0 Å². The quantitative estimate of drug-likeness (QED) is 0.338. The normalized spacial score (nSPS) is 29.4. The molecule has 192 valence electrons. The van der Waals surface area contributed by atoms with Gasteiger partial charge in [0.25, 0.3) is 0 Å². The molecule has 2 heterocycles. The van der Waals surface area contributed by atoms with Crippen LogP contribution in [0.25, 0.3) is 0 Å². The second-order valence-electron chi connectivity index (χ2n) is 10.2. The Hall–Kier alpha value is -2.43. The predicted molar refractivity (Wildman–Crippen MR) is 127 cm³/mol. The highest BCUT2D eigenvalue weighted by molar-refractivity contribution is 6.62. The van der Waals surface area contributed by atoms with E-state index in [0.717, 1.165) is 11.0 Å². The van der Waals surface area contributed by atoms with Crippen molar-refractivity contribution in [1.82, 2.24) is 0 Å². The van der Waals surface area contributed by atoms with Crippen LogP contribution in [-0.4, -0.2) is 61.1 Å². The Morgan fingerprint density at radius 2 is 1.37 bits per heavy atom. The van der Waals surface area contributed by atoms with Gasteiger partial charge in [-0.15, -0.1) is 0 Å². The summed E-state index contributed by atoms with van der Waals surface area (Å²) < 4.78 is 34.8. The monoisotopic (exact) mass is 490 g/mol. The summed E-state index contributed by atoms with van der Waals surface area (Å²) in [6.45, 7) is 13.6. The predicted octanol–water partition coefficient (Wildman–Crippen LogP) is 2.49. The number of hydrogen-bond donors (Lipinski definition) is 0. The standard InChI is InChI=1S/C25H35BO9/c1-14-21(31-16(3)28)20(13-30-15(2)27)33-23(22(14)32-17(4)29)18-9-11-19(12-10-18)26-34-24(5,6)25(7,8)35-26/h9-12,14,20-23H,13H2,1-8H3/t14-,20+,21-,22+,23-/m0/s1. The highest BCUT2D eigenvalue weighted by Gasteiger charge is 2.52. The Labute approximate surface area is 206 Å². The van der Waals surface area contributed by atoms with Crippen molar-refractivity contribution in [3.8, 4) is 0 Å². The summed E-state index contributed by atoms with van der Waals surface area (Å²) in [4.78, 5) is 35.1. The lowest BCUT2D eigenvalue weighted by Gasteiger charge is -2.44. The SMILES string of the molecule is CC(=O)OC[C@H]1O[C@@H](c2ccc(B3OC(C)(C)C(C)(C)O3)cc2)[C@H](OC(C)=O)[C@@H](C)[C@@H]1OC(C)=O. The van der Waals surface area contributed by atoms with Crippen LogP contribution in [0.4, 0.5) is 0 Å². The number of carbonyl (C=O) groups excluding carboxylic acids is 3. The Balaban J connectivity index is 1.89. The van der Waals surface area contributed by atoms with Crippen LogP contribution in [0.1, 0.15) is 67.1 Å². The molecule has 10 heteroatoms. The van der Waals surface area contributed by atoms with Crippen molar-refractivity contribution in [2.24, 2.45) is 5.92 Å². The summed E-state index contributed by atoms with van der Waals surface area (Å²) in [7, 11) is -0.519. The van der Waals surface area contributed by atoms with Gasteiger partial charge in [0, 0.05) is 26.7 Å². The van der Waals surface area contributed by atoms with Crippen molar-refractivity contribution < 1.29 is 42.6 Å². The maximum absolute atomic E-state index is 11.9. The molecule has 0 N–H and O–H groups in total. The van der Waals surface area contributed by atoms with Gasteiger partial charge in [0.2, 0.25) is 0 Å². The number of esters is 3. The highest BCUT2D eigenvalue weighted by atomic mass is 16.7. The van der Waals surface area contributed by atoms with Crippen molar-refractivity contribution in [3.63, 3.8) is 0 Å². The molecule has 35 heavy (non-hydrogen) atoms. The molecule has 1 aromatic carbocycles. The van der Waals surface area contributed by atoms with Crippen molar-refractivity contribution >= 4 is 30.5 Å². The number of ether oxygens (including phenoxy) is 4. The fraction of sp³-hybridized carbons (Fsp3) is 0.640. The van der Waals surface area contributed by atoms with Crippen molar-refractivity contribution in [2.45, 2.75) is 91.0 Å². The van der Waals surface area contributed by atoms with Gasteiger partial charge in [-0.25, -0.2) is 0 Å². The van der Waals surface area contributed by atoms with E-state index in [-0.39, 0.29) is 6.61 Å². The number of hydrogen-bond acceptors (Lipinski definition) is 9. The molecular weight excluding hydrogens is 455 g/mol. The van der Waals surface area contributed by atoms with E-state index in [2.05, 4.69) is 0 Å². The van der Waals surface area contributed by atoms with Crippen molar-refractivity contribution in [2.75, 3.05) is 6.61 Å². The molecule has 0 spiro atoms. The Morgan fingerprint density at radius 1 is 0.857 bits per heavy atom. The van der Waals surface area contributed by atoms with Crippen LogP contribution in [0.2, 0.25) is 0 Å². The van der Waals surface area contributed by atoms with Crippen LogP contribution in [0.5, 0.6) is 0 Å². The highest BCUT2D eigenvalue weighted by Crippen LogP contribution is 2.40. The van der Waals surface area contributed by atoms with Gasteiger partial charge in [0.05, 0.1) is 11.2 Å². The molecule has 2 saturated heterocycles. The molecule has 2 aliphatic rings. The van der Waals surface area contributed by atoms with E-state index in [0.29, 0.717) is 0 Å². The lowest BCUT2D eigenvalue weighted by atomic mass is 9.78. The molecule has 0 unspecified atom stereocenters. The average Bonchev–Trinajstić information content (AvgIpc) is 2.96. The first-order chi connectivity index (χ1) is 16.2. The molecule has 5 atom stereocenters. The third-order valence-electron chi connectivity index (χ3n) is 6.87. The summed E-state index contributed by atoms with van der Waals surface area (Å²) in [6, 6.07) is 7.50. The Bertz CT molecular complexity index is 925. The van der Waals surface area contributed by atoms with E-state index in [4.69, 9.17) is 28.3 Å². The summed E-state index contributed by atoms with van der Waals surface area (Å²) in [6.07, 6.45) is -2.91. The molecule has 0 aromatic heterocycles. The summed E-state index contributed by atoms with van der Waals surface area (Å²) >= 11 is 0. The molecule has 2 fully saturated rings.